The zero-order valence-electron chi connectivity index (χ0n) is 17.8. The fourth-order valence-corrected chi connectivity index (χ4v) is 5.39. The number of aromatic nitrogens is 1. The molecular formula is C26H19BrN2O4S. The number of thiazole rings is 1. The van der Waals surface area contributed by atoms with Gasteiger partial charge in [0.2, 0.25) is 0 Å². The number of fused-ring (bicyclic) bond motifs is 3. The molecule has 2 N–H and O–H groups in total. The highest BCUT2D eigenvalue weighted by molar-refractivity contribution is 9.10. The number of hydrogen-bond acceptors (Lipinski definition) is 5. The maximum Gasteiger partial charge on any atom is 0.408 e. The average molecular weight is 535 g/mol. The van der Waals surface area contributed by atoms with E-state index in [0.29, 0.717) is 9.88 Å². The Kier molecular flexibility index (Phi) is 6.17. The smallest absolute Gasteiger partial charge is 0.408 e. The average Bonchev–Trinajstić information content (AvgIpc) is 3.45. The standard InChI is InChI=1S/C26H19BrN2O4S/c27-16-11-9-15(10-12-16)24-28-13-22(34-24)23(25(30)31)29-26(32)33-14-21-19-7-3-1-5-17(19)18-6-2-4-8-20(18)21/h1-13,21,23H,14H2,(H,29,32)(H,30,31). The summed E-state index contributed by atoms with van der Waals surface area (Å²) in [6.07, 6.45) is 0.692. The van der Waals surface area contributed by atoms with E-state index in [4.69, 9.17) is 4.74 Å². The quantitative estimate of drug-likeness (QED) is 0.305. The van der Waals surface area contributed by atoms with Crippen molar-refractivity contribution in [3.8, 4) is 21.7 Å². The van der Waals surface area contributed by atoms with Gasteiger partial charge in [0.25, 0.3) is 0 Å². The van der Waals surface area contributed by atoms with Gasteiger partial charge in [-0.1, -0.05) is 76.6 Å². The van der Waals surface area contributed by atoms with Gasteiger partial charge in [-0.3, -0.25) is 0 Å². The number of nitrogens with zero attached hydrogens (tertiary/aromatic N) is 1. The number of carboxylic acid groups (broad SMARTS) is 1. The first-order valence-corrected chi connectivity index (χ1v) is 12.2. The molecule has 1 heterocycles. The Balaban J connectivity index is 1.29. The van der Waals surface area contributed by atoms with Crippen LogP contribution in [0.15, 0.2) is 83.5 Å². The number of carboxylic acids is 1. The van der Waals surface area contributed by atoms with Gasteiger partial charge >= 0.3 is 12.1 Å². The monoisotopic (exact) mass is 534 g/mol. The number of ether oxygens (including phenoxy) is 1. The van der Waals surface area contributed by atoms with Crippen molar-refractivity contribution in [3.63, 3.8) is 0 Å². The van der Waals surface area contributed by atoms with E-state index in [0.717, 1.165) is 32.3 Å². The topological polar surface area (TPSA) is 88.5 Å². The Morgan fingerprint density at radius 2 is 1.62 bits per heavy atom. The van der Waals surface area contributed by atoms with Gasteiger partial charge in [-0.15, -0.1) is 11.3 Å². The summed E-state index contributed by atoms with van der Waals surface area (Å²) >= 11 is 4.61. The number of rotatable bonds is 6. The first kappa shape index (κ1) is 22.3. The van der Waals surface area contributed by atoms with Crippen molar-refractivity contribution in [2.24, 2.45) is 0 Å². The van der Waals surface area contributed by atoms with Gasteiger partial charge in [0.15, 0.2) is 6.04 Å². The molecule has 1 atom stereocenters. The summed E-state index contributed by atoms with van der Waals surface area (Å²) in [5.41, 5.74) is 5.30. The van der Waals surface area contributed by atoms with Crippen molar-refractivity contribution in [1.29, 1.82) is 0 Å². The summed E-state index contributed by atoms with van der Waals surface area (Å²) in [7, 11) is 0. The van der Waals surface area contributed by atoms with Crippen LogP contribution in [0.4, 0.5) is 4.79 Å². The molecule has 0 bridgehead atoms. The fourth-order valence-electron chi connectivity index (χ4n) is 4.16. The van der Waals surface area contributed by atoms with Crippen molar-refractivity contribution in [1.82, 2.24) is 10.3 Å². The summed E-state index contributed by atoms with van der Waals surface area (Å²) in [6, 6.07) is 22.4. The predicted octanol–water partition coefficient (Wildman–Crippen LogP) is 6.24. The molecule has 1 amide bonds. The largest absolute Gasteiger partial charge is 0.479 e. The van der Waals surface area contributed by atoms with E-state index in [2.05, 4.69) is 38.4 Å². The van der Waals surface area contributed by atoms with Crippen molar-refractivity contribution in [3.05, 3.63) is 99.5 Å². The van der Waals surface area contributed by atoms with E-state index in [1.807, 2.05) is 60.7 Å². The molecule has 0 saturated carbocycles. The lowest BCUT2D eigenvalue weighted by Gasteiger charge is -2.16. The van der Waals surface area contributed by atoms with Crippen LogP contribution in [0.1, 0.15) is 28.0 Å². The lowest BCUT2D eigenvalue weighted by Crippen LogP contribution is -2.34. The van der Waals surface area contributed by atoms with E-state index < -0.39 is 18.1 Å². The van der Waals surface area contributed by atoms with E-state index in [1.165, 1.54) is 17.5 Å². The first-order valence-electron chi connectivity index (χ1n) is 10.6. The summed E-state index contributed by atoms with van der Waals surface area (Å²) < 4.78 is 6.45. The molecule has 0 aliphatic heterocycles. The molecule has 1 aliphatic rings. The van der Waals surface area contributed by atoms with Crippen molar-refractivity contribution in [2.45, 2.75) is 12.0 Å². The van der Waals surface area contributed by atoms with Gasteiger partial charge in [0, 0.05) is 22.2 Å². The molecule has 0 radical (unpaired) electrons. The van der Waals surface area contributed by atoms with Gasteiger partial charge in [0.05, 0.1) is 4.88 Å². The molecule has 0 spiro atoms. The number of alkyl carbamates (subject to hydrolysis) is 1. The van der Waals surface area contributed by atoms with Crippen LogP contribution < -0.4 is 5.32 Å². The molecule has 1 unspecified atom stereocenters. The third kappa shape index (κ3) is 4.34. The summed E-state index contributed by atoms with van der Waals surface area (Å²) in [5, 5.41) is 12.9. The highest BCUT2D eigenvalue weighted by Crippen LogP contribution is 2.44. The minimum absolute atomic E-state index is 0.103. The van der Waals surface area contributed by atoms with Gasteiger partial charge in [-0.05, 0) is 34.4 Å². The third-order valence-electron chi connectivity index (χ3n) is 5.75. The Labute approximate surface area is 208 Å². The number of halogens is 1. The van der Waals surface area contributed by atoms with Crippen LogP contribution in [0.3, 0.4) is 0 Å². The molecule has 5 rings (SSSR count). The lowest BCUT2D eigenvalue weighted by molar-refractivity contribution is -0.139. The molecule has 170 valence electrons. The summed E-state index contributed by atoms with van der Waals surface area (Å²) in [4.78, 5) is 29.3. The third-order valence-corrected chi connectivity index (χ3v) is 7.39. The number of amides is 1. The molecule has 6 nitrogen and oxygen atoms in total. The molecule has 1 aromatic heterocycles. The van der Waals surface area contributed by atoms with E-state index in [-0.39, 0.29) is 12.5 Å². The van der Waals surface area contributed by atoms with Crippen LogP contribution in [0, 0.1) is 0 Å². The molecule has 0 saturated heterocycles. The second kappa shape index (κ2) is 9.40. The second-order valence-corrected chi connectivity index (χ2v) is 9.79. The highest BCUT2D eigenvalue weighted by Gasteiger charge is 2.30. The summed E-state index contributed by atoms with van der Waals surface area (Å²) in [6.45, 7) is 0.110. The number of carbonyl (C=O) groups excluding carboxylic acids is 1. The van der Waals surface area contributed by atoms with Crippen molar-refractivity contribution >= 4 is 39.3 Å². The van der Waals surface area contributed by atoms with Gasteiger partial charge < -0.3 is 15.2 Å². The predicted molar refractivity (Wildman–Crippen MR) is 134 cm³/mol. The molecule has 1 aliphatic carbocycles. The zero-order valence-corrected chi connectivity index (χ0v) is 20.2. The Bertz CT molecular complexity index is 1320. The minimum atomic E-state index is -1.25. The SMILES string of the molecule is O=C(NC(C(=O)O)c1cnc(-c2ccc(Br)cc2)s1)OCC1c2ccccc2-c2ccccc21. The van der Waals surface area contributed by atoms with Gasteiger partial charge in [-0.25, -0.2) is 14.6 Å². The maximum absolute atomic E-state index is 12.6. The molecule has 3 aromatic carbocycles. The Morgan fingerprint density at radius 3 is 2.24 bits per heavy atom. The van der Waals surface area contributed by atoms with Crippen molar-refractivity contribution in [2.75, 3.05) is 6.61 Å². The Morgan fingerprint density at radius 1 is 1.00 bits per heavy atom. The zero-order chi connectivity index (χ0) is 23.7. The van der Waals surface area contributed by atoms with Crippen LogP contribution in [0.25, 0.3) is 21.7 Å². The number of nitrogens with one attached hydrogen (secondary N) is 1. The fraction of sp³-hybridized carbons (Fsp3) is 0.115. The summed E-state index contributed by atoms with van der Waals surface area (Å²) in [5.74, 6) is -1.28. The van der Waals surface area contributed by atoms with Gasteiger partial charge in [0.1, 0.15) is 11.6 Å². The highest BCUT2D eigenvalue weighted by atomic mass is 79.9. The molecule has 4 aromatic rings. The number of aliphatic carboxylic acids is 1. The molecular weight excluding hydrogens is 516 g/mol. The Hall–Kier alpha value is -3.49. The lowest BCUT2D eigenvalue weighted by atomic mass is 9.98. The van der Waals surface area contributed by atoms with E-state index in [1.54, 1.807) is 0 Å². The normalized spacial score (nSPS) is 13.1. The van der Waals surface area contributed by atoms with E-state index in [9.17, 15) is 14.7 Å². The number of carbonyl (C=O) groups is 2. The molecule has 34 heavy (non-hydrogen) atoms. The van der Waals surface area contributed by atoms with Gasteiger partial charge in [-0.2, -0.15) is 0 Å². The van der Waals surface area contributed by atoms with Crippen LogP contribution in [0.2, 0.25) is 0 Å². The molecule has 0 fully saturated rings. The van der Waals surface area contributed by atoms with Crippen LogP contribution in [0.5, 0.6) is 0 Å². The first-order chi connectivity index (χ1) is 16.5. The van der Waals surface area contributed by atoms with Crippen LogP contribution >= 0.6 is 27.3 Å². The van der Waals surface area contributed by atoms with Crippen molar-refractivity contribution < 1.29 is 19.4 Å². The van der Waals surface area contributed by atoms with E-state index >= 15 is 0 Å². The number of hydrogen-bond donors (Lipinski definition) is 2. The van der Waals surface area contributed by atoms with Crippen LogP contribution in [-0.2, 0) is 9.53 Å². The van der Waals surface area contributed by atoms with Crippen LogP contribution in [-0.4, -0.2) is 28.8 Å². The molecule has 8 heteroatoms. The maximum atomic E-state index is 12.6. The minimum Gasteiger partial charge on any atom is -0.479 e. The second-order valence-electron chi connectivity index (χ2n) is 7.82. The number of benzene rings is 3.